The molecule has 1 fully saturated rings. The number of hydrogen-bond donors (Lipinski definition) is 1. The second-order valence-corrected chi connectivity index (χ2v) is 6.64. The van der Waals surface area contributed by atoms with E-state index in [9.17, 15) is 0 Å². The van der Waals surface area contributed by atoms with Crippen molar-refractivity contribution in [3.63, 3.8) is 0 Å². The lowest BCUT2D eigenvalue weighted by Crippen LogP contribution is -2.26. The molecule has 0 bridgehead atoms. The maximum Gasteiger partial charge on any atom is 0.0390 e. The summed E-state index contributed by atoms with van der Waals surface area (Å²) < 4.78 is 1.48. The molecule has 1 atom stereocenters. The van der Waals surface area contributed by atoms with Gasteiger partial charge in [-0.2, -0.15) is 0 Å². The smallest absolute Gasteiger partial charge is 0.0390 e. The molecule has 0 amide bonds. The fourth-order valence-corrected chi connectivity index (χ4v) is 3.96. The molecule has 1 unspecified atom stereocenters. The van der Waals surface area contributed by atoms with Gasteiger partial charge < -0.3 is 5.32 Å². The van der Waals surface area contributed by atoms with Crippen molar-refractivity contribution in [2.75, 3.05) is 6.54 Å². The summed E-state index contributed by atoms with van der Waals surface area (Å²) in [7, 11) is 0. The van der Waals surface area contributed by atoms with Gasteiger partial charge in [-0.1, -0.05) is 44.4 Å². The van der Waals surface area contributed by atoms with Crippen molar-refractivity contribution >= 4 is 21.4 Å². The molecule has 1 nitrogen and oxygen atoms in total. The van der Waals surface area contributed by atoms with Crippen molar-refractivity contribution < 1.29 is 0 Å². The summed E-state index contributed by atoms with van der Waals surface area (Å²) in [6.07, 6.45) is 6.84. The van der Waals surface area contributed by atoms with Gasteiger partial charge in [-0.05, 0) is 47.7 Å². The summed E-state index contributed by atoms with van der Waals surface area (Å²) in [6.45, 7) is 3.37. The molecule has 1 aromatic heterocycles. The van der Waals surface area contributed by atoms with Gasteiger partial charge in [0, 0.05) is 10.7 Å². The molecular weight excluding hydrogens is 250 g/mol. The van der Waals surface area contributed by atoms with Gasteiger partial charge >= 0.3 is 0 Å². The second kappa shape index (κ2) is 6.06. The van der Waals surface area contributed by atoms with Crippen molar-refractivity contribution in [3.8, 4) is 0 Å². The Hall–Kier alpha value is -0.860. The van der Waals surface area contributed by atoms with E-state index in [4.69, 9.17) is 0 Å². The van der Waals surface area contributed by atoms with E-state index in [1.165, 1.54) is 47.8 Å². The van der Waals surface area contributed by atoms with E-state index in [2.05, 4.69) is 41.9 Å². The summed E-state index contributed by atoms with van der Waals surface area (Å²) in [5.74, 6) is 0.949. The van der Waals surface area contributed by atoms with Crippen LogP contribution in [0.4, 0.5) is 0 Å². The number of rotatable bonds is 6. The molecule has 0 radical (unpaired) electrons. The lowest BCUT2D eigenvalue weighted by Gasteiger charge is -2.30. The number of thiophene rings is 1. The van der Waals surface area contributed by atoms with Crippen molar-refractivity contribution in [1.82, 2.24) is 5.32 Å². The molecule has 1 aromatic carbocycles. The fourth-order valence-electron chi connectivity index (χ4n) is 2.99. The van der Waals surface area contributed by atoms with Crippen LogP contribution >= 0.6 is 11.3 Å². The third kappa shape index (κ3) is 2.85. The van der Waals surface area contributed by atoms with Crippen molar-refractivity contribution in [3.05, 3.63) is 35.2 Å². The molecule has 1 heterocycles. The molecule has 1 aliphatic carbocycles. The van der Waals surface area contributed by atoms with Crippen LogP contribution in [0, 0.1) is 5.92 Å². The Morgan fingerprint density at radius 3 is 2.95 bits per heavy atom. The number of benzene rings is 1. The first-order chi connectivity index (χ1) is 9.38. The van der Waals surface area contributed by atoms with Crippen LogP contribution in [0.25, 0.3) is 10.1 Å². The number of fused-ring (bicyclic) bond motifs is 1. The van der Waals surface area contributed by atoms with E-state index in [-0.39, 0.29) is 0 Å². The number of nitrogens with one attached hydrogen (secondary N) is 1. The van der Waals surface area contributed by atoms with Crippen molar-refractivity contribution in [2.45, 2.75) is 45.1 Å². The fraction of sp³-hybridized carbons (Fsp3) is 0.529. The molecule has 3 rings (SSSR count). The highest BCUT2D eigenvalue weighted by atomic mass is 32.1. The first-order valence-corrected chi connectivity index (χ1v) is 8.46. The molecule has 0 aliphatic heterocycles. The van der Waals surface area contributed by atoms with Crippen molar-refractivity contribution in [1.29, 1.82) is 0 Å². The molecule has 0 saturated heterocycles. The van der Waals surface area contributed by atoms with E-state index in [0.29, 0.717) is 6.04 Å². The Balaban J connectivity index is 1.85. The van der Waals surface area contributed by atoms with E-state index in [1.54, 1.807) is 0 Å². The Morgan fingerprint density at radius 1 is 1.32 bits per heavy atom. The molecule has 19 heavy (non-hydrogen) atoms. The van der Waals surface area contributed by atoms with Gasteiger partial charge in [-0.15, -0.1) is 11.3 Å². The molecule has 1 saturated carbocycles. The maximum absolute atomic E-state index is 3.77. The predicted octanol–water partition coefficient (Wildman–Crippen LogP) is 5.13. The van der Waals surface area contributed by atoms with Crippen LogP contribution in [0.1, 0.15) is 50.6 Å². The maximum atomic E-state index is 3.77. The highest BCUT2D eigenvalue weighted by molar-refractivity contribution is 7.17. The molecule has 1 N–H and O–H groups in total. The van der Waals surface area contributed by atoms with E-state index in [0.717, 1.165) is 12.5 Å². The van der Waals surface area contributed by atoms with Gasteiger partial charge in [0.05, 0.1) is 0 Å². The summed E-state index contributed by atoms with van der Waals surface area (Å²) in [5, 5.41) is 7.39. The Kier molecular flexibility index (Phi) is 4.19. The van der Waals surface area contributed by atoms with E-state index < -0.39 is 0 Å². The van der Waals surface area contributed by atoms with Gasteiger partial charge in [0.15, 0.2) is 0 Å². The first-order valence-electron chi connectivity index (χ1n) is 7.58. The number of hydrogen-bond acceptors (Lipinski definition) is 2. The third-order valence-corrected chi connectivity index (χ3v) is 5.30. The quantitative estimate of drug-likeness (QED) is 0.769. The monoisotopic (exact) mass is 273 g/mol. The third-order valence-electron chi connectivity index (χ3n) is 4.32. The van der Waals surface area contributed by atoms with Gasteiger partial charge in [0.2, 0.25) is 0 Å². The summed E-state index contributed by atoms with van der Waals surface area (Å²) in [6, 6.07) is 9.56. The first kappa shape index (κ1) is 13.1. The summed E-state index contributed by atoms with van der Waals surface area (Å²) >= 11 is 1.89. The molecule has 2 aromatic rings. The van der Waals surface area contributed by atoms with Gasteiger partial charge in [-0.3, -0.25) is 0 Å². The zero-order chi connectivity index (χ0) is 13.1. The van der Waals surface area contributed by atoms with Gasteiger partial charge in [0.1, 0.15) is 0 Å². The minimum atomic E-state index is 0.549. The minimum absolute atomic E-state index is 0.549. The Morgan fingerprint density at radius 2 is 2.21 bits per heavy atom. The average molecular weight is 273 g/mol. The van der Waals surface area contributed by atoms with Crippen LogP contribution in [0.2, 0.25) is 0 Å². The molecule has 102 valence electrons. The highest BCUT2D eigenvalue weighted by Crippen LogP contribution is 2.37. The van der Waals surface area contributed by atoms with Crippen LogP contribution in [-0.4, -0.2) is 6.54 Å². The normalized spacial score (nSPS) is 17.5. The standard InChI is InChI=1S/C17H23NS/c1-2-10-18-16(12-13-5-3-6-13)15-8-4-7-14-9-11-19-17(14)15/h4,7-9,11,13,16,18H,2-3,5-6,10,12H2,1H3. The SMILES string of the molecule is CCCNC(CC1CCC1)c1cccc2ccsc12. The van der Waals surface area contributed by atoms with E-state index in [1.807, 2.05) is 11.3 Å². The summed E-state index contributed by atoms with van der Waals surface area (Å²) in [4.78, 5) is 0. The van der Waals surface area contributed by atoms with Crippen LogP contribution in [-0.2, 0) is 0 Å². The van der Waals surface area contributed by atoms with Crippen LogP contribution in [0.5, 0.6) is 0 Å². The van der Waals surface area contributed by atoms with Crippen LogP contribution in [0.15, 0.2) is 29.6 Å². The molecule has 2 heteroatoms. The average Bonchev–Trinajstić information content (AvgIpc) is 2.85. The Labute approximate surface area is 120 Å². The zero-order valence-corrected chi connectivity index (χ0v) is 12.5. The lowest BCUT2D eigenvalue weighted by molar-refractivity contribution is 0.262. The lowest BCUT2D eigenvalue weighted by atomic mass is 9.79. The van der Waals surface area contributed by atoms with E-state index >= 15 is 0 Å². The molecular formula is C17H23NS. The topological polar surface area (TPSA) is 12.0 Å². The van der Waals surface area contributed by atoms with Crippen molar-refractivity contribution in [2.24, 2.45) is 5.92 Å². The minimum Gasteiger partial charge on any atom is -0.310 e. The summed E-state index contributed by atoms with van der Waals surface area (Å²) in [5.41, 5.74) is 1.52. The van der Waals surface area contributed by atoms with Gasteiger partial charge in [0.25, 0.3) is 0 Å². The predicted molar refractivity (Wildman–Crippen MR) is 84.8 cm³/mol. The van der Waals surface area contributed by atoms with Gasteiger partial charge in [-0.25, -0.2) is 0 Å². The Bertz CT molecular complexity index is 527. The highest BCUT2D eigenvalue weighted by Gasteiger charge is 2.23. The molecule has 0 spiro atoms. The zero-order valence-electron chi connectivity index (χ0n) is 11.7. The van der Waals surface area contributed by atoms with Crippen LogP contribution in [0.3, 0.4) is 0 Å². The molecule has 1 aliphatic rings. The second-order valence-electron chi connectivity index (χ2n) is 5.73. The van der Waals surface area contributed by atoms with Crippen LogP contribution < -0.4 is 5.32 Å². The largest absolute Gasteiger partial charge is 0.310 e.